The lowest BCUT2D eigenvalue weighted by Crippen LogP contribution is -2.46. The van der Waals surface area contributed by atoms with Gasteiger partial charge in [-0.3, -0.25) is 4.79 Å². The molecule has 1 aromatic heterocycles. The maximum atomic E-state index is 13.8. The van der Waals surface area contributed by atoms with Gasteiger partial charge in [0.2, 0.25) is 0 Å². The van der Waals surface area contributed by atoms with E-state index in [-0.39, 0.29) is 5.78 Å². The fourth-order valence-corrected chi connectivity index (χ4v) is 5.58. The van der Waals surface area contributed by atoms with Crippen LogP contribution in [0.2, 0.25) is 0 Å². The molecule has 182 valence electrons. The Morgan fingerprint density at radius 3 is 2.24 bits per heavy atom. The number of aromatic nitrogens is 1. The van der Waals surface area contributed by atoms with Gasteiger partial charge in [0.1, 0.15) is 5.52 Å². The molecular formula is C31H26N4O2. The summed E-state index contributed by atoms with van der Waals surface area (Å²) >= 11 is 0. The summed E-state index contributed by atoms with van der Waals surface area (Å²) in [4.78, 5) is 18.6. The zero-order valence-corrected chi connectivity index (χ0v) is 20.6. The van der Waals surface area contributed by atoms with Crippen LogP contribution in [-0.4, -0.2) is 37.1 Å². The Bertz CT molecular complexity index is 1650. The topological polar surface area (TPSA) is 61.6 Å². The number of piperazine rings is 1. The maximum Gasteiger partial charge on any atom is 0.196 e. The van der Waals surface area contributed by atoms with Gasteiger partial charge in [0.15, 0.2) is 11.5 Å². The SMILES string of the molecule is Cc1ccccc1Nc1cc(N2CCN(c3ccccc3)CC2)c2noc3c2c1C(=O)c1ccccc1-3. The van der Waals surface area contributed by atoms with Crippen molar-refractivity contribution in [3.63, 3.8) is 0 Å². The van der Waals surface area contributed by atoms with Crippen LogP contribution in [0, 0.1) is 6.92 Å². The Labute approximate surface area is 215 Å². The second-order valence-corrected chi connectivity index (χ2v) is 9.68. The zero-order valence-electron chi connectivity index (χ0n) is 20.6. The van der Waals surface area contributed by atoms with E-state index in [1.165, 1.54) is 5.69 Å². The molecule has 1 fully saturated rings. The summed E-state index contributed by atoms with van der Waals surface area (Å²) in [6.45, 7) is 5.57. The molecule has 0 spiro atoms. The number of para-hydroxylation sites is 2. The first-order chi connectivity index (χ1) is 18.2. The lowest BCUT2D eigenvalue weighted by atomic mass is 9.86. The Morgan fingerprint density at radius 1 is 0.784 bits per heavy atom. The summed E-state index contributed by atoms with van der Waals surface area (Å²) in [6, 6.07) is 28.4. The van der Waals surface area contributed by atoms with Crippen LogP contribution in [-0.2, 0) is 0 Å². The highest BCUT2D eigenvalue weighted by Crippen LogP contribution is 2.46. The van der Waals surface area contributed by atoms with E-state index in [4.69, 9.17) is 4.52 Å². The van der Waals surface area contributed by atoms with E-state index in [2.05, 4.69) is 63.6 Å². The van der Waals surface area contributed by atoms with Crippen LogP contribution in [0.25, 0.3) is 22.2 Å². The number of fused-ring (bicyclic) bond motifs is 2. The molecule has 0 atom stereocenters. The summed E-state index contributed by atoms with van der Waals surface area (Å²) in [7, 11) is 0. The van der Waals surface area contributed by atoms with Crippen LogP contribution in [0.5, 0.6) is 0 Å². The molecule has 1 aliphatic carbocycles. The zero-order chi connectivity index (χ0) is 24.9. The Kier molecular flexibility index (Phi) is 4.99. The van der Waals surface area contributed by atoms with Crippen LogP contribution >= 0.6 is 0 Å². The highest BCUT2D eigenvalue weighted by atomic mass is 16.5. The molecule has 5 aromatic rings. The molecule has 1 saturated heterocycles. The van der Waals surface area contributed by atoms with Gasteiger partial charge < -0.3 is 19.6 Å². The molecule has 6 nitrogen and oxygen atoms in total. The Balaban J connectivity index is 1.36. The van der Waals surface area contributed by atoms with Crippen LogP contribution in [0.3, 0.4) is 0 Å². The van der Waals surface area contributed by atoms with Gasteiger partial charge in [0, 0.05) is 48.7 Å². The third-order valence-electron chi connectivity index (χ3n) is 7.53. The number of nitrogens with one attached hydrogen (secondary N) is 1. The average Bonchev–Trinajstić information content (AvgIpc) is 3.39. The molecule has 7 rings (SSSR count). The second kappa shape index (κ2) is 8.52. The summed E-state index contributed by atoms with van der Waals surface area (Å²) in [5.41, 5.74) is 7.92. The second-order valence-electron chi connectivity index (χ2n) is 9.68. The average molecular weight is 487 g/mol. The molecule has 2 aliphatic rings. The van der Waals surface area contributed by atoms with Crippen molar-refractivity contribution in [3.8, 4) is 11.3 Å². The number of anilines is 4. The van der Waals surface area contributed by atoms with Gasteiger partial charge in [-0.15, -0.1) is 0 Å². The van der Waals surface area contributed by atoms with E-state index in [1.54, 1.807) is 0 Å². The van der Waals surface area contributed by atoms with Gasteiger partial charge in [0.25, 0.3) is 0 Å². The van der Waals surface area contributed by atoms with Gasteiger partial charge in [-0.05, 0) is 36.8 Å². The van der Waals surface area contributed by atoms with Crippen molar-refractivity contribution in [1.82, 2.24) is 5.16 Å². The van der Waals surface area contributed by atoms with Crippen molar-refractivity contribution in [3.05, 3.63) is 102 Å². The number of aryl methyl sites for hydroxylation is 1. The molecule has 0 bridgehead atoms. The van der Waals surface area contributed by atoms with E-state index >= 15 is 0 Å². The number of nitrogens with zero attached hydrogens (tertiary/aromatic N) is 3. The molecule has 2 heterocycles. The quantitative estimate of drug-likeness (QED) is 0.310. The van der Waals surface area contributed by atoms with Gasteiger partial charge in [-0.1, -0.05) is 65.8 Å². The predicted octanol–water partition coefficient (Wildman–Crippen LogP) is 6.42. The standard InChI is InChI=1S/C31H26N4O2/c1-20-9-5-8-14-24(20)32-25-19-26(35-17-15-34(16-18-35)21-10-3-2-4-11-21)29-28-27(25)30(36)22-12-6-7-13-23(22)31(28)37-33-29/h2-14,19,32H,15-18H2,1H3. The van der Waals surface area contributed by atoms with Gasteiger partial charge >= 0.3 is 0 Å². The predicted molar refractivity (Wildman–Crippen MR) is 148 cm³/mol. The fraction of sp³-hybridized carbons (Fsp3) is 0.161. The highest BCUT2D eigenvalue weighted by molar-refractivity contribution is 6.28. The van der Waals surface area contributed by atoms with Crippen molar-refractivity contribution < 1.29 is 9.32 Å². The molecule has 4 aromatic carbocycles. The van der Waals surface area contributed by atoms with E-state index in [0.29, 0.717) is 16.9 Å². The molecule has 37 heavy (non-hydrogen) atoms. The van der Waals surface area contributed by atoms with Gasteiger partial charge in [-0.25, -0.2) is 0 Å². The number of hydrogen-bond donors (Lipinski definition) is 1. The van der Waals surface area contributed by atoms with Crippen molar-refractivity contribution in [2.75, 3.05) is 41.3 Å². The van der Waals surface area contributed by atoms with Crippen molar-refractivity contribution >= 4 is 39.4 Å². The number of hydrogen-bond acceptors (Lipinski definition) is 6. The minimum Gasteiger partial charge on any atom is -0.368 e. The minimum absolute atomic E-state index is 0.00664. The summed E-state index contributed by atoms with van der Waals surface area (Å²) in [5, 5.41) is 8.91. The van der Waals surface area contributed by atoms with Gasteiger partial charge in [-0.2, -0.15) is 0 Å². The van der Waals surface area contributed by atoms with E-state index in [9.17, 15) is 4.79 Å². The summed E-state index contributed by atoms with van der Waals surface area (Å²) < 4.78 is 5.95. The van der Waals surface area contributed by atoms with Crippen LogP contribution in [0.4, 0.5) is 22.7 Å². The molecule has 0 saturated carbocycles. The number of rotatable bonds is 4. The van der Waals surface area contributed by atoms with Crippen LogP contribution < -0.4 is 15.1 Å². The number of benzene rings is 4. The first-order valence-corrected chi connectivity index (χ1v) is 12.7. The summed E-state index contributed by atoms with van der Waals surface area (Å²) in [5.74, 6) is 0.658. The van der Waals surface area contributed by atoms with Crippen LogP contribution in [0.15, 0.2) is 89.5 Å². The highest BCUT2D eigenvalue weighted by Gasteiger charge is 2.34. The smallest absolute Gasteiger partial charge is 0.196 e. The molecule has 0 unspecified atom stereocenters. The largest absolute Gasteiger partial charge is 0.368 e. The molecule has 1 aliphatic heterocycles. The van der Waals surface area contributed by atoms with Crippen molar-refractivity contribution in [1.29, 1.82) is 0 Å². The number of carbonyl (C=O) groups is 1. The molecule has 0 radical (unpaired) electrons. The Morgan fingerprint density at radius 2 is 1.46 bits per heavy atom. The normalized spacial score (nSPS) is 14.7. The molecule has 0 amide bonds. The van der Waals surface area contributed by atoms with E-state index in [1.807, 2.05) is 48.5 Å². The number of ketones is 1. The fourth-order valence-electron chi connectivity index (χ4n) is 5.58. The first kappa shape index (κ1) is 21.7. The van der Waals surface area contributed by atoms with E-state index < -0.39 is 0 Å². The third kappa shape index (κ3) is 3.48. The summed E-state index contributed by atoms with van der Waals surface area (Å²) in [6.07, 6.45) is 0. The van der Waals surface area contributed by atoms with Gasteiger partial charge in [0.05, 0.1) is 22.3 Å². The number of carbonyl (C=O) groups excluding carboxylic acids is 1. The maximum absolute atomic E-state index is 13.8. The monoisotopic (exact) mass is 486 g/mol. The Hall–Kier alpha value is -4.58. The minimum atomic E-state index is -0.00664. The van der Waals surface area contributed by atoms with Crippen LogP contribution in [0.1, 0.15) is 21.5 Å². The molecule has 1 N–H and O–H groups in total. The van der Waals surface area contributed by atoms with E-state index in [0.717, 1.165) is 65.3 Å². The van der Waals surface area contributed by atoms with Crippen molar-refractivity contribution in [2.45, 2.75) is 6.92 Å². The lowest BCUT2D eigenvalue weighted by Gasteiger charge is -2.37. The molecular weight excluding hydrogens is 460 g/mol. The third-order valence-corrected chi connectivity index (χ3v) is 7.53. The van der Waals surface area contributed by atoms with Crippen molar-refractivity contribution in [2.24, 2.45) is 0 Å². The lowest BCUT2D eigenvalue weighted by molar-refractivity contribution is 0.104. The first-order valence-electron chi connectivity index (χ1n) is 12.7. The molecule has 6 heteroatoms.